The van der Waals surface area contributed by atoms with Crippen molar-refractivity contribution in [2.75, 3.05) is 0 Å². The number of hydrogen-bond donors (Lipinski definition) is 1. The summed E-state index contributed by atoms with van der Waals surface area (Å²) in [6, 6.07) is 16.7. The summed E-state index contributed by atoms with van der Waals surface area (Å²) >= 11 is 0. The third-order valence-electron chi connectivity index (χ3n) is 5.13. The maximum absolute atomic E-state index is 4.75. The van der Waals surface area contributed by atoms with Crippen molar-refractivity contribution in [3.05, 3.63) is 71.8 Å². The zero-order chi connectivity index (χ0) is 21.5. The molecule has 158 valence electrons. The molecule has 0 aliphatic carbocycles. The molecule has 0 aliphatic heterocycles. The van der Waals surface area contributed by atoms with Crippen molar-refractivity contribution in [1.29, 1.82) is 0 Å². The first-order valence-corrected chi connectivity index (χ1v) is 10.8. The number of tetrazole rings is 1. The van der Waals surface area contributed by atoms with Crippen LogP contribution >= 0.6 is 0 Å². The molecule has 4 rings (SSSR count). The number of H-pyrrole nitrogens is 1. The molecule has 7 heteroatoms. The molecule has 2 aromatic carbocycles. The third-order valence-corrected chi connectivity index (χ3v) is 5.13. The molecule has 0 bridgehead atoms. The Labute approximate surface area is 182 Å². The van der Waals surface area contributed by atoms with Gasteiger partial charge in [-0.25, -0.2) is 14.8 Å². The molecule has 1 N–H and O–H groups in total. The molecule has 0 amide bonds. The lowest BCUT2D eigenvalue weighted by atomic mass is 9.98. The number of aromatic amines is 1. The minimum absolute atomic E-state index is 0.661. The maximum atomic E-state index is 4.75. The van der Waals surface area contributed by atoms with E-state index in [1.165, 1.54) is 5.56 Å². The van der Waals surface area contributed by atoms with Crippen LogP contribution in [0.5, 0.6) is 0 Å². The summed E-state index contributed by atoms with van der Waals surface area (Å²) in [4.78, 5) is 4.73. The Morgan fingerprint density at radius 1 is 1.00 bits per heavy atom. The van der Waals surface area contributed by atoms with E-state index in [-0.39, 0.29) is 0 Å². The highest BCUT2D eigenvalue weighted by molar-refractivity contribution is 5.80. The van der Waals surface area contributed by atoms with Crippen molar-refractivity contribution in [1.82, 2.24) is 35.4 Å². The molecule has 2 heterocycles. The average Bonchev–Trinajstić information content (AvgIpc) is 3.47. The largest absolute Gasteiger partial charge is 0.242 e. The van der Waals surface area contributed by atoms with Gasteiger partial charge in [-0.05, 0) is 46.0 Å². The zero-order valence-corrected chi connectivity index (χ0v) is 18.0. The van der Waals surface area contributed by atoms with Crippen LogP contribution in [0, 0.1) is 0 Å². The lowest BCUT2D eigenvalue weighted by Gasteiger charge is -2.09. The van der Waals surface area contributed by atoms with Crippen LogP contribution in [-0.4, -0.2) is 35.4 Å². The number of hydrogen-bond acceptors (Lipinski definition) is 5. The predicted molar refractivity (Wildman–Crippen MR) is 122 cm³/mol. The number of unbranched alkanes of at least 4 members (excludes halogenated alkanes) is 1. The van der Waals surface area contributed by atoms with Gasteiger partial charge >= 0.3 is 0 Å². The van der Waals surface area contributed by atoms with Gasteiger partial charge in [0.2, 0.25) is 0 Å². The number of allylic oxidation sites excluding steroid dienone is 1. The second-order valence-corrected chi connectivity index (χ2v) is 7.45. The van der Waals surface area contributed by atoms with Crippen molar-refractivity contribution in [3.63, 3.8) is 0 Å². The number of nitrogens with one attached hydrogen (secondary N) is 1. The summed E-state index contributed by atoms with van der Waals surface area (Å²) in [5.74, 6) is 2.50. The topological polar surface area (TPSA) is 85.2 Å². The molecule has 0 unspecified atom stereocenters. The van der Waals surface area contributed by atoms with Gasteiger partial charge in [-0.15, -0.1) is 5.10 Å². The van der Waals surface area contributed by atoms with Gasteiger partial charge in [0.1, 0.15) is 0 Å². The predicted octanol–water partition coefficient (Wildman–Crippen LogP) is 4.94. The van der Waals surface area contributed by atoms with E-state index in [1.807, 2.05) is 22.9 Å². The summed E-state index contributed by atoms with van der Waals surface area (Å²) in [7, 11) is 0. The van der Waals surface area contributed by atoms with Gasteiger partial charge in [0, 0.05) is 12.0 Å². The monoisotopic (exact) mass is 413 g/mol. The zero-order valence-electron chi connectivity index (χ0n) is 18.0. The fraction of sp³-hybridized carbons (Fsp3) is 0.292. The first kappa shape index (κ1) is 20.7. The van der Waals surface area contributed by atoms with Crippen LogP contribution in [0.1, 0.15) is 50.3 Å². The minimum atomic E-state index is 0.661. The molecule has 0 saturated heterocycles. The fourth-order valence-corrected chi connectivity index (χ4v) is 3.48. The van der Waals surface area contributed by atoms with E-state index in [0.29, 0.717) is 12.4 Å². The SMILES string of the molecule is CC/C=C/c1nc(CCCC)nn1Cc1ccc(-c2ccccc2-c2nnn[nH]2)cc1. The molecule has 4 aromatic rings. The molecule has 31 heavy (non-hydrogen) atoms. The highest BCUT2D eigenvalue weighted by Gasteiger charge is 2.11. The minimum Gasteiger partial charge on any atom is -0.242 e. The van der Waals surface area contributed by atoms with Crippen LogP contribution in [0.2, 0.25) is 0 Å². The maximum Gasteiger partial charge on any atom is 0.180 e. The van der Waals surface area contributed by atoms with E-state index in [2.05, 4.69) is 77.0 Å². The molecule has 0 atom stereocenters. The lowest BCUT2D eigenvalue weighted by molar-refractivity contribution is 0.656. The molecule has 0 saturated carbocycles. The van der Waals surface area contributed by atoms with E-state index in [4.69, 9.17) is 10.1 Å². The summed E-state index contributed by atoms with van der Waals surface area (Å²) < 4.78 is 2.00. The van der Waals surface area contributed by atoms with Crippen LogP contribution in [0.25, 0.3) is 28.6 Å². The Bertz CT molecular complexity index is 1130. The van der Waals surface area contributed by atoms with Crippen molar-refractivity contribution >= 4 is 6.08 Å². The van der Waals surface area contributed by atoms with Crippen LogP contribution in [0.15, 0.2) is 54.6 Å². The Morgan fingerprint density at radius 2 is 1.81 bits per heavy atom. The van der Waals surface area contributed by atoms with Crippen molar-refractivity contribution in [3.8, 4) is 22.5 Å². The Hall–Kier alpha value is -3.61. The third kappa shape index (κ3) is 4.94. The van der Waals surface area contributed by atoms with Gasteiger partial charge in [0.15, 0.2) is 17.5 Å². The van der Waals surface area contributed by atoms with E-state index >= 15 is 0 Å². The Balaban J connectivity index is 1.58. The first-order chi connectivity index (χ1) is 15.3. The van der Waals surface area contributed by atoms with Crippen molar-refractivity contribution in [2.45, 2.75) is 46.1 Å². The number of aromatic nitrogens is 7. The van der Waals surface area contributed by atoms with Crippen LogP contribution in [0.4, 0.5) is 0 Å². The summed E-state index contributed by atoms with van der Waals surface area (Å²) in [5.41, 5.74) is 4.36. The molecule has 0 fully saturated rings. The summed E-state index contributed by atoms with van der Waals surface area (Å²) in [6.45, 7) is 5.00. The van der Waals surface area contributed by atoms with E-state index in [1.54, 1.807) is 0 Å². The lowest BCUT2D eigenvalue weighted by Crippen LogP contribution is -2.04. The van der Waals surface area contributed by atoms with E-state index in [9.17, 15) is 0 Å². The highest BCUT2D eigenvalue weighted by atomic mass is 15.5. The van der Waals surface area contributed by atoms with E-state index in [0.717, 1.165) is 54.0 Å². The molecule has 0 radical (unpaired) electrons. The molecular weight excluding hydrogens is 386 g/mol. The quantitative estimate of drug-likeness (QED) is 0.420. The Morgan fingerprint density at radius 3 is 2.52 bits per heavy atom. The molecule has 2 aromatic heterocycles. The second-order valence-electron chi connectivity index (χ2n) is 7.45. The molecule has 7 nitrogen and oxygen atoms in total. The van der Waals surface area contributed by atoms with Crippen LogP contribution < -0.4 is 0 Å². The average molecular weight is 414 g/mol. The normalized spacial score (nSPS) is 11.4. The van der Waals surface area contributed by atoms with Gasteiger partial charge in [-0.2, -0.15) is 5.10 Å². The first-order valence-electron chi connectivity index (χ1n) is 10.8. The summed E-state index contributed by atoms with van der Waals surface area (Å²) in [5, 5.41) is 19.1. The van der Waals surface area contributed by atoms with Crippen LogP contribution in [0.3, 0.4) is 0 Å². The number of benzene rings is 2. The van der Waals surface area contributed by atoms with Crippen molar-refractivity contribution in [2.24, 2.45) is 0 Å². The standard InChI is InChI=1S/C24H27N7/c1-3-5-11-22-25-23(12-6-4-2)31(28-22)17-18-13-15-19(16-14-18)20-9-7-8-10-21(20)24-26-29-30-27-24/h6-10,12-16H,3-5,11,17H2,1-2H3,(H,26,27,29,30)/b12-6+. The highest BCUT2D eigenvalue weighted by Crippen LogP contribution is 2.29. The smallest absolute Gasteiger partial charge is 0.180 e. The van der Waals surface area contributed by atoms with Crippen LogP contribution in [-0.2, 0) is 13.0 Å². The van der Waals surface area contributed by atoms with Gasteiger partial charge < -0.3 is 0 Å². The van der Waals surface area contributed by atoms with Gasteiger partial charge in [-0.1, -0.05) is 74.9 Å². The van der Waals surface area contributed by atoms with Gasteiger partial charge in [0.25, 0.3) is 0 Å². The van der Waals surface area contributed by atoms with E-state index < -0.39 is 0 Å². The Kier molecular flexibility index (Phi) is 6.62. The van der Waals surface area contributed by atoms with Crippen molar-refractivity contribution < 1.29 is 0 Å². The molecule has 0 spiro atoms. The molecule has 0 aliphatic rings. The number of rotatable bonds is 9. The van der Waals surface area contributed by atoms with Gasteiger partial charge in [0.05, 0.1) is 6.54 Å². The second kappa shape index (κ2) is 9.93. The summed E-state index contributed by atoms with van der Waals surface area (Å²) in [6.07, 6.45) is 8.34. The number of aryl methyl sites for hydroxylation is 1. The fourth-order valence-electron chi connectivity index (χ4n) is 3.48. The molecular formula is C24H27N7. The van der Waals surface area contributed by atoms with Gasteiger partial charge in [-0.3, -0.25) is 0 Å². The number of nitrogens with zero attached hydrogens (tertiary/aromatic N) is 6.